The zero-order chi connectivity index (χ0) is 12.1. The summed E-state index contributed by atoms with van der Waals surface area (Å²) in [5, 5.41) is 0. The van der Waals surface area contributed by atoms with E-state index in [2.05, 4.69) is 0 Å². The van der Waals surface area contributed by atoms with Crippen LogP contribution in [0.2, 0.25) is 0 Å². The Hall–Kier alpha value is -1.33. The van der Waals surface area contributed by atoms with Crippen molar-refractivity contribution >= 4 is 5.91 Å². The molecule has 1 aromatic heterocycles. The van der Waals surface area contributed by atoms with E-state index < -0.39 is 0 Å². The van der Waals surface area contributed by atoms with Gasteiger partial charge in [-0.2, -0.15) is 0 Å². The predicted octanol–water partition coefficient (Wildman–Crippen LogP) is 0.372. The van der Waals surface area contributed by atoms with E-state index in [1.54, 1.807) is 24.1 Å². The molecule has 16 heavy (non-hydrogen) atoms. The van der Waals surface area contributed by atoms with Crippen molar-refractivity contribution in [1.29, 1.82) is 0 Å². The van der Waals surface area contributed by atoms with Crippen molar-refractivity contribution in [2.75, 3.05) is 34.2 Å². The summed E-state index contributed by atoms with van der Waals surface area (Å²) < 4.78 is 5.29. The first-order valence-corrected chi connectivity index (χ1v) is 5.23. The van der Waals surface area contributed by atoms with E-state index in [4.69, 9.17) is 10.2 Å². The highest BCUT2D eigenvalue weighted by molar-refractivity contribution is 5.91. The van der Waals surface area contributed by atoms with Gasteiger partial charge in [-0.05, 0) is 26.2 Å². The number of nitrogens with zero attached hydrogens (tertiary/aromatic N) is 2. The van der Waals surface area contributed by atoms with Gasteiger partial charge in [-0.1, -0.05) is 0 Å². The number of furan rings is 1. The molecule has 0 saturated heterocycles. The molecule has 2 N–H and O–H groups in total. The summed E-state index contributed by atoms with van der Waals surface area (Å²) >= 11 is 0. The maximum absolute atomic E-state index is 11.9. The Morgan fingerprint density at radius 2 is 2.00 bits per heavy atom. The van der Waals surface area contributed by atoms with Gasteiger partial charge in [-0.3, -0.25) is 4.79 Å². The number of likely N-dealkylation sites (N-methyl/N-ethyl adjacent to an activating group) is 2. The van der Waals surface area contributed by atoms with Crippen LogP contribution in [0, 0.1) is 0 Å². The number of hydrogen-bond donors (Lipinski definition) is 1. The Morgan fingerprint density at radius 1 is 1.31 bits per heavy atom. The SMILES string of the molecule is CN(C)CCN(C)C(=O)c1ccc(CN)o1. The lowest BCUT2D eigenvalue weighted by Gasteiger charge is -2.18. The third kappa shape index (κ3) is 3.36. The molecule has 1 heterocycles. The highest BCUT2D eigenvalue weighted by Gasteiger charge is 2.15. The van der Waals surface area contributed by atoms with Crippen LogP contribution in [0.25, 0.3) is 0 Å². The van der Waals surface area contributed by atoms with Gasteiger partial charge in [0, 0.05) is 20.1 Å². The fraction of sp³-hybridized carbons (Fsp3) is 0.545. The van der Waals surface area contributed by atoms with Crippen LogP contribution in [0.1, 0.15) is 16.3 Å². The van der Waals surface area contributed by atoms with E-state index in [1.165, 1.54) is 0 Å². The van der Waals surface area contributed by atoms with Gasteiger partial charge in [-0.15, -0.1) is 0 Å². The molecule has 0 aromatic carbocycles. The Morgan fingerprint density at radius 3 is 2.50 bits per heavy atom. The Bertz CT molecular complexity index is 347. The first kappa shape index (κ1) is 12.7. The average molecular weight is 225 g/mol. The van der Waals surface area contributed by atoms with E-state index in [-0.39, 0.29) is 5.91 Å². The molecule has 0 aliphatic rings. The van der Waals surface area contributed by atoms with Crippen LogP contribution in [-0.2, 0) is 6.54 Å². The molecule has 0 bridgehead atoms. The third-order valence-electron chi connectivity index (χ3n) is 2.30. The topological polar surface area (TPSA) is 62.7 Å². The molecular weight excluding hydrogens is 206 g/mol. The van der Waals surface area contributed by atoms with E-state index in [9.17, 15) is 4.79 Å². The number of nitrogens with two attached hydrogens (primary N) is 1. The molecule has 1 aromatic rings. The monoisotopic (exact) mass is 225 g/mol. The van der Waals surface area contributed by atoms with Crippen LogP contribution in [0.4, 0.5) is 0 Å². The molecule has 0 spiro atoms. The molecule has 1 rings (SSSR count). The van der Waals surface area contributed by atoms with E-state index in [0.717, 1.165) is 6.54 Å². The summed E-state index contributed by atoms with van der Waals surface area (Å²) in [6.07, 6.45) is 0. The quantitative estimate of drug-likeness (QED) is 0.786. The van der Waals surface area contributed by atoms with E-state index in [1.807, 2.05) is 19.0 Å². The molecule has 0 unspecified atom stereocenters. The Balaban J connectivity index is 2.56. The molecule has 0 aliphatic carbocycles. The lowest BCUT2D eigenvalue weighted by Crippen LogP contribution is -2.33. The number of rotatable bonds is 5. The van der Waals surface area contributed by atoms with Gasteiger partial charge >= 0.3 is 0 Å². The predicted molar refractivity (Wildman–Crippen MR) is 62.1 cm³/mol. The highest BCUT2D eigenvalue weighted by Crippen LogP contribution is 2.09. The molecule has 0 fully saturated rings. The highest BCUT2D eigenvalue weighted by atomic mass is 16.4. The minimum absolute atomic E-state index is 0.110. The fourth-order valence-corrected chi connectivity index (χ4v) is 1.24. The summed E-state index contributed by atoms with van der Waals surface area (Å²) in [7, 11) is 5.70. The summed E-state index contributed by atoms with van der Waals surface area (Å²) in [6, 6.07) is 3.39. The van der Waals surface area contributed by atoms with Crippen molar-refractivity contribution in [3.05, 3.63) is 23.7 Å². The van der Waals surface area contributed by atoms with Gasteiger partial charge in [0.1, 0.15) is 5.76 Å². The van der Waals surface area contributed by atoms with Crippen molar-refractivity contribution in [3.63, 3.8) is 0 Å². The third-order valence-corrected chi connectivity index (χ3v) is 2.30. The van der Waals surface area contributed by atoms with Gasteiger partial charge in [0.2, 0.25) is 0 Å². The molecule has 0 radical (unpaired) electrons. The first-order valence-electron chi connectivity index (χ1n) is 5.23. The van der Waals surface area contributed by atoms with Crippen molar-refractivity contribution in [2.45, 2.75) is 6.54 Å². The number of amides is 1. The second-order valence-corrected chi connectivity index (χ2v) is 4.00. The minimum atomic E-state index is -0.110. The Labute approximate surface area is 95.8 Å². The van der Waals surface area contributed by atoms with E-state index >= 15 is 0 Å². The van der Waals surface area contributed by atoms with Crippen LogP contribution in [0.15, 0.2) is 16.5 Å². The molecule has 1 amide bonds. The lowest BCUT2D eigenvalue weighted by atomic mass is 10.3. The minimum Gasteiger partial charge on any atom is -0.455 e. The maximum Gasteiger partial charge on any atom is 0.289 e. The van der Waals surface area contributed by atoms with Crippen LogP contribution in [-0.4, -0.2) is 49.9 Å². The van der Waals surface area contributed by atoms with E-state index in [0.29, 0.717) is 24.6 Å². The van der Waals surface area contributed by atoms with Crippen molar-refractivity contribution < 1.29 is 9.21 Å². The maximum atomic E-state index is 11.9. The van der Waals surface area contributed by atoms with Crippen LogP contribution < -0.4 is 5.73 Å². The van der Waals surface area contributed by atoms with Gasteiger partial charge in [0.05, 0.1) is 6.54 Å². The summed E-state index contributed by atoms with van der Waals surface area (Å²) in [4.78, 5) is 15.5. The molecule has 90 valence electrons. The van der Waals surface area contributed by atoms with Crippen LogP contribution >= 0.6 is 0 Å². The summed E-state index contributed by atoms with van der Waals surface area (Å²) in [6.45, 7) is 1.81. The normalized spacial score (nSPS) is 10.8. The Kier molecular flexibility index (Phi) is 4.52. The smallest absolute Gasteiger partial charge is 0.289 e. The second-order valence-electron chi connectivity index (χ2n) is 4.00. The lowest BCUT2D eigenvalue weighted by molar-refractivity contribution is 0.0753. The number of carbonyl (C=O) groups is 1. The van der Waals surface area contributed by atoms with Crippen LogP contribution in [0.5, 0.6) is 0 Å². The van der Waals surface area contributed by atoms with Crippen LogP contribution in [0.3, 0.4) is 0 Å². The molecule has 5 nitrogen and oxygen atoms in total. The van der Waals surface area contributed by atoms with Crippen molar-refractivity contribution in [3.8, 4) is 0 Å². The second kappa shape index (κ2) is 5.67. The molecule has 0 saturated carbocycles. The zero-order valence-electron chi connectivity index (χ0n) is 10.1. The number of hydrogen-bond acceptors (Lipinski definition) is 4. The van der Waals surface area contributed by atoms with Gasteiger partial charge in [0.15, 0.2) is 5.76 Å². The van der Waals surface area contributed by atoms with Gasteiger partial charge < -0.3 is 20.0 Å². The standard InChI is InChI=1S/C11H19N3O2/c1-13(2)6-7-14(3)11(15)10-5-4-9(8-12)16-10/h4-5H,6-8,12H2,1-3H3. The van der Waals surface area contributed by atoms with Gasteiger partial charge in [-0.25, -0.2) is 0 Å². The largest absolute Gasteiger partial charge is 0.455 e. The summed E-state index contributed by atoms with van der Waals surface area (Å²) in [5.41, 5.74) is 5.41. The van der Waals surface area contributed by atoms with Crippen molar-refractivity contribution in [1.82, 2.24) is 9.80 Å². The zero-order valence-corrected chi connectivity index (χ0v) is 10.1. The van der Waals surface area contributed by atoms with Gasteiger partial charge in [0.25, 0.3) is 5.91 Å². The molecular formula is C11H19N3O2. The summed E-state index contributed by atoms with van der Waals surface area (Å²) in [5.74, 6) is 0.868. The molecule has 0 atom stereocenters. The molecule has 0 aliphatic heterocycles. The molecule has 5 heteroatoms. The fourth-order valence-electron chi connectivity index (χ4n) is 1.24. The van der Waals surface area contributed by atoms with Crippen molar-refractivity contribution in [2.24, 2.45) is 5.73 Å². The average Bonchev–Trinajstić information content (AvgIpc) is 2.73. The number of carbonyl (C=O) groups excluding carboxylic acids is 1. The first-order chi connectivity index (χ1) is 7.54.